The van der Waals surface area contributed by atoms with E-state index >= 15 is 0 Å². The number of benzene rings is 1. The van der Waals surface area contributed by atoms with Crippen LogP contribution >= 0.6 is 38.5 Å². The first-order valence-corrected chi connectivity index (χ1v) is 8.65. The van der Waals surface area contributed by atoms with Gasteiger partial charge < -0.3 is 10.0 Å². The van der Waals surface area contributed by atoms with E-state index < -0.39 is 0 Å². The van der Waals surface area contributed by atoms with E-state index in [4.69, 9.17) is 0 Å². The normalized spacial score (nSPS) is 19.5. The van der Waals surface area contributed by atoms with Crippen molar-refractivity contribution in [1.82, 2.24) is 4.90 Å². The molecule has 104 valence electrons. The zero-order valence-electron chi connectivity index (χ0n) is 10.6. The maximum atomic E-state index is 12.4. The summed E-state index contributed by atoms with van der Waals surface area (Å²) in [6.07, 6.45) is 3.38. The molecule has 19 heavy (non-hydrogen) atoms. The minimum absolute atomic E-state index is 0.0333. The number of rotatable bonds is 3. The van der Waals surface area contributed by atoms with Crippen LogP contribution in [0.3, 0.4) is 0 Å². The molecule has 0 bridgehead atoms. The number of hydrogen-bond donors (Lipinski definition) is 1. The Hall–Kier alpha value is -0.300. The second-order valence-corrected chi connectivity index (χ2v) is 6.86. The molecule has 0 radical (unpaired) electrons. The molecule has 2 rings (SSSR count). The number of carbonyl (C=O) groups excluding carboxylic acids is 1. The molecule has 0 aliphatic carbocycles. The van der Waals surface area contributed by atoms with Gasteiger partial charge in [0.2, 0.25) is 0 Å². The van der Waals surface area contributed by atoms with Gasteiger partial charge in [0, 0.05) is 24.0 Å². The second kappa shape index (κ2) is 6.92. The molecule has 1 N–H and O–H groups in total. The number of likely N-dealkylation sites (tertiary alicyclic amines) is 1. The molecule has 3 nitrogen and oxygen atoms in total. The van der Waals surface area contributed by atoms with Crippen LogP contribution in [0.4, 0.5) is 0 Å². The smallest absolute Gasteiger partial charge is 0.253 e. The van der Waals surface area contributed by atoms with Crippen LogP contribution < -0.4 is 0 Å². The summed E-state index contributed by atoms with van der Waals surface area (Å²) in [5.74, 6) is 0.806. The van der Waals surface area contributed by atoms with Crippen LogP contribution in [0.15, 0.2) is 18.2 Å². The summed E-state index contributed by atoms with van der Waals surface area (Å²) in [7, 11) is 0. The van der Waals surface area contributed by atoms with Crippen LogP contribution in [0.2, 0.25) is 0 Å². The Morgan fingerprint density at radius 1 is 1.53 bits per heavy atom. The highest BCUT2D eigenvalue weighted by molar-refractivity contribution is 14.1. The summed E-state index contributed by atoms with van der Waals surface area (Å²) >= 11 is 5.52. The monoisotopic (exact) mass is 437 g/mol. The highest BCUT2D eigenvalue weighted by atomic mass is 127. The van der Waals surface area contributed by atoms with Crippen LogP contribution in [0.5, 0.6) is 5.75 Å². The minimum atomic E-state index is 0.0333. The number of amides is 1. The van der Waals surface area contributed by atoms with Gasteiger partial charge in [-0.25, -0.2) is 0 Å². The summed E-state index contributed by atoms with van der Waals surface area (Å²) in [4.78, 5) is 14.3. The summed E-state index contributed by atoms with van der Waals surface area (Å²) in [5.41, 5.74) is 0.581. The van der Waals surface area contributed by atoms with Gasteiger partial charge >= 0.3 is 0 Å². The number of carbonyl (C=O) groups is 1. The molecule has 1 aliphatic heterocycles. The molecule has 1 atom stereocenters. The van der Waals surface area contributed by atoms with Crippen molar-refractivity contribution in [3.05, 3.63) is 27.3 Å². The van der Waals surface area contributed by atoms with Crippen LogP contribution in [-0.2, 0) is 0 Å². The predicted molar refractivity (Wildman–Crippen MR) is 87.9 cm³/mol. The molecule has 0 aromatic heterocycles. The Balaban J connectivity index is 2.08. The molecule has 1 aromatic carbocycles. The van der Waals surface area contributed by atoms with E-state index in [2.05, 4.69) is 38.5 Å². The summed E-state index contributed by atoms with van der Waals surface area (Å²) in [5, 5.41) is 10.7. The van der Waals surface area contributed by atoms with Crippen molar-refractivity contribution in [2.24, 2.45) is 5.92 Å². The molecule has 1 saturated heterocycles. The highest BCUT2D eigenvalue weighted by Gasteiger charge is 2.24. The van der Waals surface area contributed by atoms with Gasteiger partial charge in [-0.3, -0.25) is 4.79 Å². The van der Waals surface area contributed by atoms with Gasteiger partial charge in [0.25, 0.3) is 5.91 Å². The lowest BCUT2D eigenvalue weighted by Crippen LogP contribution is -2.40. The zero-order valence-corrected chi connectivity index (χ0v) is 14.4. The second-order valence-electron chi connectivity index (χ2n) is 4.90. The number of piperidine rings is 1. The average molecular weight is 438 g/mol. The van der Waals surface area contributed by atoms with Gasteiger partial charge in [0.15, 0.2) is 0 Å². The van der Waals surface area contributed by atoms with E-state index in [1.165, 1.54) is 6.42 Å². The number of phenolic OH excluding ortho intramolecular Hbond substituents is 1. The predicted octanol–water partition coefficient (Wildman–Crippen LogP) is 3.63. The summed E-state index contributed by atoms with van der Waals surface area (Å²) < 4.78 is 0.768. The van der Waals surface area contributed by atoms with Crippen LogP contribution in [0.25, 0.3) is 0 Å². The van der Waals surface area contributed by atoms with Crippen molar-refractivity contribution in [2.45, 2.75) is 19.3 Å². The molecular weight excluding hydrogens is 421 g/mol. The first-order valence-electron chi connectivity index (χ1n) is 6.45. The Morgan fingerprint density at radius 2 is 2.32 bits per heavy atom. The largest absolute Gasteiger partial charge is 0.507 e. The van der Waals surface area contributed by atoms with Crippen LogP contribution in [0, 0.1) is 9.49 Å². The Morgan fingerprint density at radius 3 is 3.00 bits per heavy atom. The SMILES string of the molecule is O=C(c1ccc(I)c(O)c1)N1CCCC(CCBr)C1. The lowest BCUT2D eigenvalue weighted by Gasteiger charge is -2.32. The van der Waals surface area contributed by atoms with Gasteiger partial charge in [-0.2, -0.15) is 0 Å². The molecule has 1 aliphatic rings. The third kappa shape index (κ3) is 3.84. The standard InChI is InChI=1S/C14H17BrINO2/c15-6-5-10-2-1-7-17(9-10)14(19)11-3-4-12(16)13(18)8-11/h3-4,8,10,18H,1-2,5-7,9H2. The topological polar surface area (TPSA) is 40.5 Å². The third-order valence-electron chi connectivity index (χ3n) is 3.52. The van der Waals surface area contributed by atoms with E-state index in [1.54, 1.807) is 18.2 Å². The van der Waals surface area contributed by atoms with Crippen LogP contribution in [-0.4, -0.2) is 34.3 Å². The van der Waals surface area contributed by atoms with Crippen molar-refractivity contribution >= 4 is 44.4 Å². The fraction of sp³-hybridized carbons (Fsp3) is 0.500. The third-order valence-corrected chi connectivity index (χ3v) is 4.89. The number of hydrogen-bond acceptors (Lipinski definition) is 2. The van der Waals surface area contributed by atoms with Gasteiger partial charge in [0.05, 0.1) is 3.57 Å². The molecular formula is C14H17BrINO2. The van der Waals surface area contributed by atoms with Crippen LogP contribution in [0.1, 0.15) is 29.6 Å². The molecule has 1 fully saturated rings. The Kier molecular flexibility index (Phi) is 5.50. The summed E-state index contributed by atoms with van der Waals surface area (Å²) in [6, 6.07) is 5.14. The van der Waals surface area contributed by atoms with Crippen molar-refractivity contribution in [2.75, 3.05) is 18.4 Å². The number of phenols is 1. The molecule has 1 aromatic rings. The lowest BCUT2D eigenvalue weighted by molar-refractivity contribution is 0.0671. The molecule has 1 heterocycles. The maximum absolute atomic E-state index is 12.4. The average Bonchev–Trinajstić information content (AvgIpc) is 2.42. The van der Waals surface area contributed by atoms with E-state index in [0.717, 1.165) is 34.8 Å². The molecule has 1 amide bonds. The van der Waals surface area contributed by atoms with E-state index in [9.17, 15) is 9.90 Å². The molecule has 5 heteroatoms. The Labute approximate surface area is 135 Å². The lowest BCUT2D eigenvalue weighted by atomic mass is 9.95. The number of nitrogens with zero attached hydrogens (tertiary/aromatic N) is 1. The number of aromatic hydroxyl groups is 1. The van der Waals surface area contributed by atoms with E-state index in [1.807, 2.05) is 4.90 Å². The first-order chi connectivity index (χ1) is 9.11. The zero-order chi connectivity index (χ0) is 13.8. The first kappa shape index (κ1) is 15.1. The highest BCUT2D eigenvalue weighted by Crippen LogP contribution is 2.24. The number of halogens is 2. The van der Waals surface area contributed by atoms with Gasteiger partial charge in [0.1, 0.15) is 5.75 Å². The van der Waals surface area contributed by atoms with Crippen molar-refractivity contribution in [1.29, 1.82) is 0 Å². The summed E-state index contributed by atoms with van der Waals surface area (Å²) in [6.45, 7) is 1.65. The minimum Gasteiger partial charge on any atom is -0.507 e. The van der Waals surface area contributed by atoms with Gasteiger partial charge in [-0.05, 0) is 66.0 Å². The van der Waals surface area contributed by atoms with Gasteiger partial charge in [-0.15, -0.1) is 0 Å². The molecule has 0 spiro atoms. The fourth-order valence-electron chi connectivity index (χ4n) is 2.47. The quantitative estimate of drug-likeness (QED) is 0.579. The molecule has 1 unspecified atom stereocenters. The maximum Gasteiger partial charge on any atom is 0.253 e. The van der Waals surface area contributed by atoms with Gasteiger partial charge in [-0.1, -0.05) is 15.9 Å². The van der Waals surface area contributed by atoms with E-state index in [0.29, 0.717) is 11.5 Å². The number of alkyl halides is 1. The van der Waals surface area contributed by atoms with Crippen molar-refractivity contribution < 1.29 is 9.90 Å². The molecule has 0 saturated carbocycles. The van der Waals surface area contributed by atoms with Crippen molar-refractivity contribution in [3.63, 3.8) is 0 Å². The van der Waals surface area contributed by atoms with E-state index in [-0.39, 0.29) is 11.7 Å². The van der Waals surface area contributed by atoms with Crippen molar-refractivity contribution in [3.8, 4) is 5.75 Å². The Bertz CT molecular complexity index is 465. The fourth-order valence-corrected chi connectivity index (χ4v) is 3.45.